The van der Waals surface area contributed by atoms with Crippen LogP contribution in [-0.2, 0) is 11.2 Å². The molecule has 0 aliphatic heterocycles. The molecule has 0 amide bonds. The van der Waals surface area contributed by atoms with Crippen LogP contribution in [0.15, 0.2) is 24.3 Å². The van der Waals surface area contributed by atoms with Crippen molar-refractivity contribution in [2.75, 3.05) is 17.4 Å². The van der Waals surface area contributed by atoms with Gasteiger partial charge in [0.25, 0.3) is 0 Å². The third-order valence-electron chi connectivity index (χ3n) is 3.14. The van der Waals surface area contributed by atoms with Crippen LogP contribution >= 0.6 is 11.6 Å². The van der Waals surface area contributed by atoms with E-state index in [-0.39, 0.29) is 0 Å². The normalized spacial score (nSPS) is 10.4. The van der Waals surface area contributed by atoms with Gasteiger partial charge in [0.1, 0.15) is 5.78 Å². The van der Waals surface area contributed by atoms with Crippen LogP contribution in [0.25, 0.3) is 0 Å². The van der Waals surface area contributed by atoms with Crippen LogP contribution in [0.1, 0.15) is 38.7 Å². The van der Waals surface area contributed by atoms with E-state index in [4.69, 9.17) is 11.6 Å². The van der Waals surface area contributed by atoms with Crippen molar-refractivity contribution in [1.29, 1.82) is 0 Å². The van der Waals surface area contributed by atoms with Gasteiger partial charge in [-0.2, -0.15) is 0 Å². The number of hydrogen-bond donors (Lipinski definition) is 0. The summed E-state index contributed by atoms with van der Waals surface area (Å²) in [6, 6.07) is 8.97. The molecule has 100 valence electrons. The van der Waals surface area contributed by atoms with E-state index >= 15 is 0 Å². The number of halogens is 1. The van der Waals surface area contributed by atoms with Gasteiger partial charge in [0.2, 0.25) is 0 Å². The number of carbonyl (C=O) groups excluding carboxylic acids is 1. The number of hydrogen-bond acceptors (Lipinski definition) is 2. The second-order valence-corrected chi connectivity index (χ2v) is 4.63. The Bertz CT molecular complexity index is 357. The smallest absolute Gasteiger partial charge is 0.132 e. The Kier molecular flexibility index (Phi) is 6.81. The molecule has 0 N–H and O–H groups in total. The third-order valence-corrected chi connectivity index (χ3v) is 3.43. The average Bonchev–Trinajstić information content (AvgIpc) is 2.41. The van der Waals surface area contributed by atoms with E-state index in [0.29, 0.717) is 24.6 Å². The second-order valence-electron chi connectivity index (χ2n) is 4.39. The number of benzene rings is 1. The highest BCUT2D eigenvalue weighted by Crippen LogP contribution is 2.16. The number of nitrogens with zero attached hydrogens (tertiary/aromatic N) is 1. The summed E-state index contributed by atoms with van der Waals surface area (Å²) in [5.74, 6) is 0.353. The fourth-order valence-corrected chi connectivity index (χ4v) is 2.18. The Balaban J connectivity index is 2.47. The molecule has 0 aromatic heterocycles. The highest BCUT2D eigenvalue weighted by atomic mass is 35.5. The molecule has 0 aliphatic carbocycles. The minimum atomic E-state index is 0.353. The Labute approximate surface area is 115 Å². The summed E-state index contributed by atoms with van der Waals surface area (Å²) in [6.07, 6.45) is 3.26. The quantitative estimate of drug-likeness (QED) is 0.524. The number of anilines is 1. The van der Waals surface area contributed by atoms with E-state index in [1.54, 1.807) is 0 Å². The molecule has 0 aliphatic rings. The van der Waals surface area contributed by atoms with E-state index in [0.717, 1.165) is 25.1 Å². The van der Waals surface area contributed by atoms with Crippen molar-refractivity contribution >= 4 is 23.1 Å². The van der Waals surface area contributed by atoms with Gasteiger partial charge < -0.3 is 4.90 Å². The van der Waals surface area contributed by atoms with Crippen LogP contribution < -0.4 is 4.90 Å². The fraction of sp³-hybridized carbons (Fsp3) is 0.533. The molecule has 0 radical (unpaired) electrons. The van der Waals surface area contributed by atoms with Crippen LogP contribution in [0, 0.1) is 0 Å². The summed E-state index contributed by atoms with van der Waals surface area (Å²) in [5.41, 5.74) is 2.44. The molecule has 0 fully saturated rings. The predicted molar refractivity (Wildman–Crippen MR) is 78.4 cm³/mol. The zero-order valence-corrected chi connectivity index (χ0v) is 12.0. The molecule has 0 saturated carbocycles. The number of rotatable bonds is 8. The van der Waals surface area contributed by atoms with Crippen LogP contribution in [0.2, 0.25) is 0 Å². The van der Waals surface area contributed by atoms with Gasteiger partial charge in [0.05, 0.1) is 6.00 Å². The van der Waals surface area contributed by atoms with Crippen molar-refractivity contribution in [3.63, 3.8) is 0 Å². The van der Waals surface area contributed by atoms with Gasteiger partial charge in [-0.25, -0.2) is 0 Å². The van der Waals surface area contributed by atoms with E-state index in [1.165, 1.54) is 5.56 Å². The van der Waals surface area contributed by atoms with E-state index in [2.05, 4.69) is 36.1 Å². The Morgan fingerprint density at radius 1 is 1.22 bits per heavy atom. The lowest BCUT2D eigenvalue weighted by Crippen LogP contribution is -2.20. The van der Waals surface area contributed by atoms with E-state index < -0.39 is 0 Å². The summed E-state index contributed by atoms with van der Waals surface area (Å²) in [7, 11) is 0. The molecule has 1 rings (SSSR count). The molecule has 1 aromatic rings. The van der Waals surface area contributed by atoms with Crippen LogP contribution in [-0.4, -0.2) is 18.3 Å². The van der Waals surface area contributed by atoms with Gasteiger partial charge >= 0.3 is 0 Å². The van der Waals surface area contributed by atoms with E-state index in [1.807, 2.05) is 6.92 Å². The maximum Gasteiger partial charge on any atom is 0.132 e. The van der Waals surface area contributed by atoms with Gasteiger partial charge in [0.15, 0.2) is 0 Å². The first-order valence-corrected chi connectivity index (χ1v) is 7.16. The maximum atomic E-state index is 11.2. The first kappa shape index (κ1) is 15.0. The van der Waals surface area contributed by atoms with Gasteiger partial charge in [-0.05, 0) is 37.5 Å². The van der Waals surface area contributed by atoms with Crippen molar-refractivity contribution in [3.05, 3.63) is 29.8 Å². The Morgan fingerprint density at radius 3 is 2.39 bits per heavy atom. The third kappa shape index (κ3) is 4.69. The van der Waals surface area contributed by atoms with Crippen LogP contribution in [0.4, 0.5) is 5.69 Å². The van der Waals surface area contributed by atoms with E-state index in [9.17, 15) is 4.79 Å². The fourth-order valence-electron chi connectivity index (χ4n) is 1.88. The number of alkyl halides is 1. The van der Waals surface area contributed by atoms with Crippen molar-refractivity contribution in [2.24, 2.45) is 0 Å². The first-order valence-electron chi connectivity index (χ1n) is 6.62. The van der Waals surface area contributed by atoms with Crippen molar-refractivity contribution in [3.8, 4) is 0 Å². The summed E-state index contributed by atoms with van der Waals surface area (Å²) in [6.45, 7) is 4.92. The summed E-state index contributed by atoms with van der Waals surface area (Å²) >= 11 is 5.86. The maximum absolute atomic E-state index is 11.2. The number of ketones is 1. The minimum absolute atomic E-state index is 0.353. The topological polar surface area (TPSA) is 20.3 Å². The highest BCUT2D eigenvalue weighted by molar-refractivity contribution is 6.19. The number of carbonyl (C=O) groups is 1. The first-order chi connectivity index (χ1) is 8.71. The number of aryl methyl sites for hydroxylation is 1. The van der Waals surface area contributed by atoms with Gasteiger partial charge in [-0.1, -0.05) is 19.1 Å². The predicted octanol–water partition coefficient (Wildman–Crippen LogP) is 4.01. The van der Waals surface area contributed by atoms with Crippen LogP contribution in [0.5, 0.6) is 0 Å². The lowest BCUT2D eigenvalue weighted by Gasteiger charge is -2.19. The summed E-state index contributed by atoms with van der Waals surface area (Å²) < 4.78 is 0. The average molecular weight is 268 g/mol. The molecule has 1 aromatic carbocycles. The minimum Gasteiger partial charge on any atom is -0.358 e. The van der Waals surface area contributed by atoms with Crippen molar-refractivity contribution in [1.82, 2.24) is 0 Å². The van der Waals surface area contributed by atoms with Gasteiger partial charge in [-0.15, -0.1) is 11.6 Å². The van der Waals surface area contributed by atoms with Crippen LogP contribution in [0.3, 0.4) is 0 Å². The lowest BCUT2D eigenvalue weighted by atomic mass is 10.1. The molecule has 3 heteroatoms. The summed E-state index contributed by atoms with van der Waals surface area (Å²) in [4.78, 5) is 13.3. The zero-order chi connectivity index (χ0) is 13.4. The van der Waals surface area contributed by atoms with Gasteiger partial charge in [-0.3, -0.25) is 4.79 Å². The van der Waals surface area contributed by atoms with Crippen molar-refractivity contribution in [2.45, 2.75) is 39.5 Å². The standard InChI is InChI=1S/C15H22ClNO/c1-3-15(18)7-5-6-13-8-10-14(11-9-13)17(4-2)12-16/h8-11H,3-7,12H2,1-2H3. The SMILES string of the molecule is CCC(=O)CCCc1ccc(N(CC)CCl)cc1. The lowest BCUT2D eigenvalue weighted by molar-refractivity contribution is -0.118. The Hall–Kier alpha value is -1.02. The largest absolute Gasteiger partial charge is 0.358 e. The van der Waals surface area contributed by atoms with Gasteiger partial charge in [0, 0.05) is 25.1 Å². The molecule has 2 nitrogen and oxygen atoms in total. The molecule has 0 bridgehead atoms. The Morgan fingerprint density at radius 2 is 1.89 bits per heavy atom. The molecule has 18 heavy (non-hydrogen) atoms. The zero-order valence-electron chi connectivity index (χ0n) is 11.3. The molecule has 0 spiro atoms. The monoisotopic (exact) mass is 267 g/mol. The molecule has 0 heterocycles. The molecular formula is C15H22ClNO. The summed E-state index contributed by atoms with van der Waals surface area (Å²) in [5, 5.41) is 0. The highest BCUT2D eigenvalue weighted by Gasteiger charge is 2.03. The molecular weight excluding hydrogens is 246 g/mol. The second kappa shape index (κ2) is 8.15. The number of Topliss-reactive ketones (excluding diaryl/α,β-unsaturated/α-hetero) is 1. The van der Waals surface area contributed by atoms with Crippen molar-refractivity contribution < 1.29 is 4.79 Å². The molecule has 0 saturated heterocycles. The molecule has 0 atom stereocenters. The molecule has 0 unspecified atom stereocenters.